The summed E-state index contributed by atoms with van der Waals surface area (Å²) in [6.45, 7) is 14.3. The second-order valence-corrected chi connectivity index (χ2v) is 6.91. The van der Waals surface area contributed by atoms with E-state index in [-0.39, 0.29) is 0 Å². The lowest BCUT2D eigenvalue weighted by atomic mass is 9.84. The van der Waals surface area contributed by atoms with Gasteiger partial charge in [-0.2, -0.15) is 0 Å². The molecule has 0 bridgehead atoms. The molecule has 1 aromatic rings. The molecule has 1 saturated heterocycles. The van der Waals surface area contributed by atoms with Gasteiger partial charge >= 0.3 is 0 Å². The van der Waals surface area contributed by atoms with Gasteiger partial charge in [-0.3, -0.25) is 0 Å². The quantitative estimate of drug-likeness (QED) is 0.895. The van der Waals surface area contributed by atoms with E-state index >= 15 is 0 Å². The first-order valence-corrected chi connectivity index (χ1v) is 8.33. The highest BCUT2D eigenvalue weighted by molar-refractivity contribution is 5.59. The van der Waals surface area contributed by atoms with Gasteiger partial charge in [0.1, 0.15) is 17.5 Å². The van der Waals surface area contributed by atoms with Gasteiger partial charge in [0.15, 0.2) is 0 Å². The molecular weight excluding hydrogens is 260 g/mol. The molecule has 21 heavy (non-hydrogen) atoms. The molecule has 0 saturated carbocycles. The summed E-state index contributed by atoms with van der Waals surface area (Å²) in [6, 6.07) is 0. The fourth-order valence-electron chi connectivity index (χ4n) is 3.04. The van der Waals surface area contributed by atoms with Crippen LogP contribution in [0.4, 0.5) is 11.6 Å². The van der Waals surface area contributed by atoms with Crippen molar-refractivity contribution in [2.24, 2.45) is 5.41 Å². The molecule has 0 atom stereocenters. The largest absolute Gasteiger partial charge is 0.370 e. The van der Waals surface area contributed by atoms with Crippen LogP contribution in [0.2, 0.25) is 0 Å². The smallest absolute Gasteiger partial charge is 0.137 e. The molecule has 1 aromatic heterocycles. The Morgan fingerprint density at radius 1 is 1.24 bits per heavy atom. The van der Waals surface area contributed by atoms with Crippen LogP contribution in [0.15, 0.2) is 0 Å². The zero-order chi connectivity index (χ0) is 15.5. The molecule has 4 heteroatoms. The fraction of sp³-hybridized carbons (Fsp3) is 0.765. The van der Waals surface area contributed by atoms with Crippen molar-refractivity contribution in [1.82, 2.24) is 9.97 Å². The van der Waals surface area contributed by atoms with Crippen LogP contribution < -0.4 is 10.2 Å². The van der Waals surface area contributed by atoms with Gasteiger partial charge in [0.05, 0.1) is 0 Å². The van der Waals surface area contributed by atoms with E-state index in [1.54, 1.807) is 0 Å². The Morgan fingerprint density at radius 3 is 2.62 bits per heavy atom. The normalized spacial score (nSPS) is 17.9. The topological polar surface area (TPSA) is 41.1 Å². The maximum Gasteiger partial charge on any atom is 0.137 e. The summed E-state index contributed by atoms with van der Waals surface area (Å²) < 4.78 is 0. The molecule has 0 unspecified atom stereocenters. The summed E-state index contributed by atoms with van der Waals surface area (Å²) in [4.78, 5) is 11.9. The van der Waals surface area contributed by atoms with Gasteiger partial charge in [-0.25, -0.2) is 9.97 Å². The minimum atomic E-state index is 0.374. The van der Waals surface area contributed by atoms with E-state index in [4.69, 9.17) is 4.98 Å². The molecule has 2 rings (SSSR count). The molecule has 0 aliphatic carbocycles. The third kappa shape index (κ3) is 3.86. The van der Waals surface area contributed by atoms with Gasteiger partial charge in [0.2, 0.25) is 0 Å². The van der Waals surface area contributed by atoms with Gasteiger partial charge in [-0.15, -0.1) is 0 Å². The van der Waals surface area contributed by atoms with Crippen molar-refractivity contribution in [2.75, 3.05) is 29.9 Å². The molecule has 1 aliphatic heterocycles. The number of aromatic nitrogens is 2. The molecule has 2 heterocycles. The molecule has 118 valence electrons. The standard InChI is InChI=1S/C17H30N4/c1-6-10-18-15-13(3)16(20-14(7-2)19-15)21-11-8-9-17(4,5)12-21/h6-12H2,1-5H3,(H,18,19,20). The minimum Gasteiger partial charge on any atom is -0.370 e. The number of hydrogen-bond donors (Lipinski definition) is 1. The molecule has 0 radical (unpaired) electrons. The van der Waals surface area contributed by atoms with Crippen LogP contribution >= 0.6 is 0 Å². The lowest BCUT2D eigenvalue weighted by Gasteiger charge is -2.39. The van der Waals surface area contributed by atoms with E-state index in [0.29, 0.717) is 5.41 Å². The number of aryl methyl sites for hydroxylation is 1. The Balaban J connectivity index is 2.32. The van der Waals surface area contributed by atoms with Crippen LogP contribution in [0.3, 0.4) is 0 Å². The van der Waals surface area contributed by atoms with E-state index in [1.165, 1.54) is 18.4 Å². The molecule has 0 amide bonds. The highest BCUT2D eigenvalue weighted by Gasteiger charge is 2.28. The number of nitrogens with one attached hydrogen (secondary N) is 1. The lowest BCUT2D eigenvalue weighted by Crippen LogP contribution is -2.41. The SMILES string of the molecule is CCCNc1nc(CC)nc(N2CCCC(C)(C)C2)c1C. The van der Waals surface area contributed by atoms with Crippen molar-refractivity contribution >= 4 is 11.6 Å². The molecule has 1 N–H and O–H groups in total. The van der Waals surface area contributed by atoms with E-state index in [0.717, 1.165) is 49.9 Å². The second-order valence-electron chi connectivity index (χ2n) is 6.91. The van der Waals surface area contributed by atoms with Gasteiger partial charge in [0, 0.05) is 31.6 Å². The van der Waals surface area contributed by atoms with E-state index < -0.39 is 0 Å². The van der Waals surface area contributed by atoms with Crippen molar-refractivity contribution < 1.29 is 0 Å². The van der Waals surface area contributed by atoms with Gasteiger partial charge < -0.3 is 10.2 Å². The van der Waals surface area contributed by atoms with Crippen LogP contribution in [0.1, 0.15) is 58.3 Å². The van der Waals surface area contributed by atoms with Gasteiger partial charge in [0.25, 0.3) is 0 Å². The van der Waals surface area contributed by atoms with Crippen molar-refractivity contribution in [3.05, 3.63) is 11.4 Å². The maximum atomic E-state index is 4.82. The lowest BCUT2D eigenvalue weighted by molar-refractivity contribution is 0.291. The van der Waals surface area contributed by atoms with Crippen molar-refractivity contribution in [3.63, 3.8) is 0 Å². The minimum absolute atomic E-state index is 0.374. The van der Waals surface area contributed by atoms with Gasteiger partial charge in [-0.1, -0.05) is 27.7 Å². The number of nitrogens with zero attached hydrogens (tertiary/aromatic N) is 3. The predicted molar refractivity (Wildman–Crippen MR) is 90.2 cm³/mol. The molecule has 4 nitrogen and oxygen atoms in total. The third-order valence-electron chi connectivity index (χ3n) is 4.23. The highest BCUT2D eigenvalue weighted by atomic mass is 15.2. The zero-order valence-corrected chi connectivity index (χ0v) is 14.3. The number of anilines is 2. The number of hydrogen-bond acceptors (Lipinski definition) is 4. The van der Waals surface area contributed by atoms with Crippen LogP contribution in [-0.2, 0) is 6.42 Å². The van der Waals surface area contributed by atoms with E-state index in [9.17, 15) is 0 Å². The Labute approximate surface area is 129 Å². The molecule has 1 fully saturated rings. The summed E-state index contributed by atoms with van der Waals surface area (Å²) in [5.74, 6) is 3.09. The zero-order valence-electron chi connectivity index (χ0n) is 14.3. The van der Waals surface area contributed by atoms with Crippen LogP contribution in [0.5, 0.6) is 0 Å². The van der Waals surface area contributed by atoms with Crippen LogP contribution in [-0.4, -0.2) is 29.6 Å². The second kappa shape index (κ2) is 6.63. The Kier molecular flexibility index (Phi) is 5.07. The Hall–Kier alpha value is -1.32. The van der Waals surface area contributed by atoms with Gasteiger partial charge in [-0.05, 0) is 31.6 Å². The number of piperidine rings is 1. The number of rotatable bonds is 5. The highest BCUT2D eigenvalue weighted by Crippen LogP contribution is 2.33. The third-order valence-corrected chi connectivity index (χ3v) is 4.23. The fourth-order valence-corrected chi connectivity index (χ4v) is 3.04. The maximum absolute atomic E-state index is 4.82. The monoisotopic (exact) mass is 290 g/mol. The molecule has 0 aromatic carbocycles. The van der Waals surface area contributed by atoms with E-state index in [2.05, 4.69) is 49.8 Å². The Morgan fingerprint density at radius 2 is 2.00 bits per heavy atom. The van der Waals surface area contributed by atoms with E-state index in [1.807, 2.05) is 0 Å². The summed E-state index contributed by atoms with van der Waals surface area (Å²) in [5, 5.41) is 3.46. The average Bonchev–Trinajstić information content (AvgIpc) is 2.45. The van der Waals surface area contributed by atoms with Crippen molar-refractivity contribution in [3.8, 4) is 0 Å². The molecular formula is C17H30N4. The summed E-state index contributed by atoms with van der Waals surface area (Å²) >= 11 is 0. The van der Waals surface area contributed by atoms with Crippen LogP contribution in [0, 0.1) is 12.3 Å². The first kappa shape index (κ1) is 16.1. The first-order valence-electron chi connectivity index (χ1n) is 8.33. The summed E-state index contributed by atoms with van der Waals surface area (Å²) in [7, 11) is 0. The Bertz CT molecular complexity index is 482. The molecule has 1 aliphatic rings. The van der Waals surface area contributed by atoms with Crippen molar-refractivity contribution in [2.45, 2.75) is 60.3 Å². The predicted octanol–water partition coefficient (Wildman–Crippen LogP) is 3.80. The first-order chi connectivity index (χ1) is 9.96. The van der Waals surface area contributed by atoms with Crippen molar-refractivity contribution in [1.29, 1.82) is 0 Å². The summed E-state index contributed by atoms with van der Waals surface area (Å²) in [6.07, 6.45) is 4.53. The average molecular weight is 290 g/mol. The molecule has 0 spiro atoms. The summed E-state index contributed by atoms with van der Waals surface area (Å²) in [5.41, 5.74) is 1.57. The van der Waals surface area contributed by atoms with Crippen LogP contribution in [0.25, 0.3) is 0 Å².